The lowest BCUT2D eigenvalue weighted by Crippen LogP contribution is -2.31. The van der Waals surface area contributed by atoms with Crippen molar-refractivity contribution < 1.29 is 4.42 Å². The van der Waals surface area contributed by atoms with E-state index in [0.717, 1.165) is 44.0 Å². The fourth-order valence-corrected chi connectivity index (χ4v) is 9.35. The molecule has 0 N–H and O–H groups in total. The van der Waals surface area contributed by atoms with Crippen molar-refractivity contribution in [2.75, 3.05) is 0 Å². The average Bonchev–Trinajstić information content (AvgIpc) is 3.76. The van der Waals surface area contributed by atoms with E-state index in [1.54, 1.807) is 0 Å². The zero-order chi connectivity index (χ0) is 35.4. The first kappa shape index (κ1) is 29.4. The summed E-state index contributed by atoms with van der Waals surface area (Å²) in [6.45, 7) is 0. The Morgan fingerprint density at radius 3 is 1.61 bits per heavy atom. The van der Waals surface area contributed by atoms with E-state index in [1.165, 1.54) is 49.9 Å². The highest BCUT2D eigenvalue weighted by Gasteiger charge is 2.49. The van der Waals surface area contributed by atoms with E-state index in [4.69, 9.17) is 19.4 Å². The molecule has 0 saturated heterocycles. The number of hydrogen-bond acceptors (Lipinski definition) is 4. The van der Waals surface area contributed by atoms with Gasteiger partial charge in [0.2, 0.25) is 0 Å². The SMILES string of the molecule is c1ccc(-c2nc(-c3ccc4oc5ccccc5c4c3)nc(-c3ccc4c5c(cccc35)C3(c5ccccc5-c5ccccc53)c3ccccc3-4)n2)cc1. The van der Waals surface area contributed by atoms with E-state index < -0.39 is 5.41 Å². The standard InChI is InChI=1S/C50H29N3O/c1-2-13-30(14-3-1)47-51-48(31-25-28-45-39(29-31)35-18-7-11-24-44(35)54-45)53-49(52-47)38-27-26-37-34-17-6-10-22-42(34)50(43-23-12-19-36(38)46(37)43)40-20-8-4-15-32(40)33-16-5-9-21-41(33)50/h1-29H. The number of fused-ring (bicyclic) bond motifs is 12. The molecular formula is C50H29N3O. The first-order valence-corrected chi connectivity index (χ1v) is 18.4. The van der Waals surface area contributed by atoms with Crippen molar-refractivity contribution >= 4 is 32.7 Å². The van der Waals surface area contributed by atoms with Crippen LogP contribution in [0.15, 0.2) is 180 Å². The molecule has 4 heteroatoms. The van der Waals surface area contributed by atoms with Crippen molar-refractivity contribution in [2.45, 2.75) is 5.41 Å². The van der Waals surface area contributed by atoms with Gasteiger partial charge in [0.1, 0.15) is 11.2 Å². The fourth-order valence-electron chi connectivity index (χ4n) is 9.35. The predicted molar refractivity (Wildman–Crippen MR) is 217 cm³/mol. The van der Waals surface area contributed by atoms with Crippen molar-refractivity contribution in [3.8, 4) is 56.4 Å². The summed E-state index contributed by atoms with van der Waals surface area (Å²) >= 11 is 0. The van der Waals surface area contributed by atoms with E-state index in [9.17, 15) is 0 Å². The van der Waals surface area contributed by atoms with E-state index in [0.29, 0.717) is 17.5 Å². The maximum absolute atomic E-state index is 6.17. The summed E-state index contributed by atoms with van der Waals surface area (Å²) in [5, 5.41) is 4.46. The Kier molecular flexibility index (Phi) is 5.95. The lowest BCUT2D eigenvalue weighted by atomic mass is 9.61. The largest absolute Gasteiger partial charge is 0.456 e. The minimum absolute atomic E-state index is 0.475. The first-order chi connectivity index (χ1) is 26.8. The van der Waals surface area contributed by atoms with Crippen LogP contribution in [-0.4, -0.2) is 15.0 Å². The van der Waals surface area contributed by atoms with Gasteiger partial charge in [-0.2, -0.15) is 0 Å². The molecule has 8 aromatic carbocycles. The van der Waals surface area contributed by atoms with Gasteiger partial charge in [-0.3, -0.25) is 0 Å². The molecule has 0 radical (unpaired) electrons. The molecule has 0 fully saturated rings. The monoisotopic (exact) mass is 687 g/mol. The van der Waals surface area contributed by atoms with Crippen molar-refractivity contribution in [3.05, 3.63) is 198 Å². The molecule has 1 spiro atoms. The third-order valence-corrected chi connectivity index (χ3v) is 11.6. The maximum Gasteiger partial charge on any atom is 0.164 e. The zero-order valence-corrected chi connectivity index (χ0v) is 29.0. The lowest BCUT2D eigenvalue weighted by Gasteiger charge is -2.40. The minimum atomic E-state index is -0.475. The second-order valence-corrected chi connectivity index (χ2v) is 14.3. The number of furan rings is 1. The van der Waals surface area contributed by atoms with E-state index in [-0.39, 0.29) is 0 Å². The molecule has 2 aliphatic rings. The van der Waals surface area contributed by atoms with Crippen LogP contribution in [0.5, 0.6) is 0 Å². The van der Waals surface area contributed by atoms with Crippen LogP contribution in [0.25, 0.3) is 89.1 Å². The molecule has 10 aromatic rings. The molecule has 2 aromatic heterocycles. The van der Waals surface area contributed by atoms with Gasteiger partial charge in [0.25, 0.3) is 0 Å². The van der Waals surface area contributed by atoms with Gasteiger partial charge in [0.05, 0.1) is 5.41 Å². The summed E-state index contributed by atoms with van der Waals surface area (Å²) in [5.74, 6) is 1.89. The van der Waals surface area contributed by atoms with Crippen LogP contribution in [0.3, 0.4) is 0 Å². The molecule has 12 rings (SSSR count). The van der Waals surface area contributed by atoms with Gasteiger partial charge in [0, 0.05) is 27.5 Å². The molecule has 0 saturated carbocycles. The lowest BCUT2D eigenvalue weighted by molar-refractivity contribution is 0.669. The van der Waals surface area contributed by atoms with Gasteiger partial charge in [-0.25, -0.2) is 15.0 Å². The average molecular weight is 688 g/mol. The number of benzene rings is 8. The second kappa shape index (κ2) is 10.9. The van der Waals surface area contributed by atoms with Gasteiger partial charge in [0.15, 0.2) is 17.5 Å². The molecular weight excluding hydrogens is 659 g/mol. The number of aromatic nitrogens is 3. The number of rotatable bonds is 3. The molecule has 0 atom stereocenters. The normalized spacial score (nSPS) is 13.3. The quantitative estimate of drug-likeness (QED) is 0.185. The third kappa shape index (κ3) is 3.89. The third-order valence-electron chi connectivity index (χ3n) is 11.6. The van der Waals surface area contributed by atoms with E-state index in [2.05, 4.69) is 127 Å². The Hall–Kier alpha value is -7.17. The molecule has 54 heavy (non-hydrogen) atoms. The number of para-hydroxylation sites is 1. The Bertz CT molecular complexity index is 3130. The van der Waals surface area contributed by atoms with E-state index >= 15 is 0 Å². The number of hydrogen-bond donors (Lipinski definition) is 0. The van der Waals surface area contributed by atoms with Crippen LogP contribution in [0, 0.1) is 0 Å². The summed E-state index contributed by atoms with van der Waals surface area (Å²) < 4.78 is 6.17. The summed E-state index contributed by atoms with van der Waals surface area (Å²) in [4.78, 5) is 15.6. The smallest absolute Gasteiger partial charge is 0.164 e. The highest BCUT2D eigenvalue weighted by molar-refractivity contribution is 6.11. The Morgan fingerprint density at radius 1 is 0.333 bits per heavy atom. The van der Waals surface area contributed by atoms with Crippen molar-refractivity contribution in [3.63, 3.8) is 0 Å². The van der Waals surface area contributed by atoms with Crippen LogP contribution in [0.4, 0.5) is 0 Å². The topological polar surface area (TPSA) is 51.8 Å². The summed E-state index contributed by atoms with van der Waals surface area (Å²) in [6, 6.07) is 62.7. The Balaban J connectivity index is 1.15. The molecule has 2 aliphatic carbocycles. The van der Waals surface area contributed by atoms with Gasteiger partial charge < -0.3 is 4.42 Å². The van der Waals surface area contributed by atoms with Crippen LogP contribution in [0.1, 0.15) is 22.3 Å². The molecule has 0 amide bonds. The zero-order valence-electron chi connectivity index (χ0n) is 29.0. The summed E-state index contributed by atoms with van der Waals surface area (Å²) in [7, 11) is 0. The molecule has 250 valence electrons. The summed E-state index contributed by atoms with van der Waals surface area (Å²) in [5.41, 5.74) is 14.3. The van der Waals surface area contributed by atoms with Crippen molar-refractivity contribution in [1.29, 1.82) is 0 Å². The van der Waals surface area contributed by atoms with E-state index in [1.807, 2.05) is 48.5 Å². The van der Waals surface area contributed by atoms with Gasteiger partial charge in [-0.15, -0.1) is 0 Å². The van der Waals surface area contributed by atoms with Crippen molar-refractivity contribution in [1.82, 2.24) is 15.0 Å². The molecule has 0 bridgehead atoms. The van der Waals surface area contributed by atoms with Crippen molar-refractivity contribution in [2.24, 2.45) is 0 Å². The summed E-state index contributed by atoms with van der Waals surface area (Å²) in [6.07, 6.45) is 0. The molecule has 4 nitrogen and oxygen atoms in total. The van der Waals surface area contributed by atoms with Crippen LogP contribution >= 0.6 is 0 Å². The fraction of sp³-hybridized carbons (Fsp3) is 0.0200. The van der Waals surface area contributed by atoms with Crippen LogP contribution < -0.4 is 0 Å². The highest BCUT2D eigenvalue weighted by atomic mass is 16.3. The molecule has 0 aliphatic heterocycles. The second-order valence-electron chi connectivity index (χ2n) is 14.3. The minimum Gasteiger partial charge on any atom is -0.456 e. The van der Waals surface area contributed by atoms with Gasteiger partial charge in [-0.1, -0.05) is 146 Å². The maximum atomic E-state index is 6.17. The Labute approximate surface area is 311 Å². The molecule has 0 unspecified atom stereocenters. The Morgan fingerprint density at radius 2 is 0.870 bits per heavy atom. The predicted octanol–water partition coefficient (Wildman–Crippen LogP) is 12.3. The van der Waals surface area contributed by atoms with Gasteiger partial charge in [-0.05, 0) is 85.6 Å². The van der Waals surface area contributed by atoms with Gasteiger partial charge >= 0.3 is 0 Å². The first-order valence-electron chi connectivity index (χ1n) is 18.4. The number of nitrogens with zero attached hydrogens (tertiary/aromatic N) is 3. The van der Waals surface area contributed by atoms with Crippen LogP contribution in [-0.2, 0) is 5.41 Å². The highest BCUT2D eigenvalue weighted by Crippen LogP contribution is 2.62. The van der Waals surface area contributed by atoms with Crippen LogP contribution in [0.2, 0.25) is 0 Å². The molecule has 2 heterocycles.